The summed E-state index contributed by atoms with van der Waals surface area (Å²) in [5.41, 5.74) is 0. The summed E-state index contributed by atoms with van der Waals surface area (Å²) >= 11 is 0. The van der Waals surface area contributed by atoms with Crippen LogP contribution in [0.25, 0.3) is 0 Å². The van der Waals surface area contributed by atoms with E-state index >= 15 is 0 Å². The maximum atomic E-state index is 10.4. The van der Waals surface area contributed by atoms with Gasteiger partial charge in [-0.05, 0) is 0 Å². The van der Waals surface area contributed by atoms with Crippen LogP contribution in [0, 0.1) is 0 Å². The molecule has 6 heteroatoms. The molecule has 1 heterocycles. The van der Waals surface area contributed by atoms with Gasteiger partial charge < -0.3 is 15.3 Å². The van der Waals surface area contributed by atoms with Crippen molar-refractivity contribution in [3.05, 3.63) is 0 Å². The van der Waals surface area contributed by atoms with Gasteiger partial charge in [0.1, 0.15) is 6.04 Å². The maximum Gasteiger partial charge on any atom is 0.408 e. The van der Waals surface area contributed by atoms with Gasteiger partial charge in [-0.15, -0.1) is 0 Å². The van der Waals surface area contributed by atoms with E-state index in [0.717, 1.165) is 4.90 Å². The lowest BCUT2D eigenvalue weighted by Crippen LogP contribution is -2.39. The van der Waals surface area contributed by atoms with Crippen LogP contribution in [0.5, 0.6) is 0 Å². The zero-order chi connectivity index (χ0) is 9.30. The number of carbonyl (C=O) groups is 2. The first-order valence-corrected chi connectivity index (χ1v) is 3.43. The van der Waals surface area contributed by atoms with E-state index in [-0.39, 0.29) is 13.0 Å². The van der Waals surface area contributed by atoms with E-state index in [2.05, 4.69) is 0 Å². The van der Waals surface area contributed by atoms with Crippen LogP contribution in [0.1, 0.15) is 6.42 Å². The minimum atomic E-state index is -1.31. The second-order valence-corrected chi connectivity index (χ2v) is 2.68. The van der Waals surface area contributed by atoms with Gasteiger partial charge in [-0.25, -0.2) is 9.59 Å². The van der Waals surface area contributed by atoms with Crippen molar-refractivity contribution in [2.75, 3.05) is 6.54 Å². The van der Waals surface area contributed by atoms with Crippen molar-refractivity contribution < 1.29 is 24.9 Å². The Hall–Kier alpha value is -1.30. The van der Waals surface area contributed by atoms with Crippen molar-refractivity contribution in [3.8, 4) is 0 Å². The number of amides is 1. The standard InChI is InChI=1S/C6H9NO5/c8-3-1-4(5(9)10)7(2-3)6(11)12/h3-4,8H,1-2H2,(H,9,10)(H,11,12)/t3-,4+/m1/s1. The Bertz CT molecular complexity index is 194. The van der Waals surface area contributed by atoms with Gasteiger partial charge in [-0.1, -0.05) is 0 Å². The van der Waals surface area contributed by atoms with Crippen LogP contribution in [0.2, 0.25) is 0 Å². The molecule has 0 aromatic rings. The van der Waals surface area contributed by atoms with Crippen molar-refractivity contribution in [2.45, 2.75) is 18.6 Å². The number of β-amino-alcohol motifs (C(OH)–C–C–N with tert-alkyl or cyclic N) is 1. The molecule has 0 aromatic carbocycles. The van der Waals surface area contributed by atoms with Crippen molar-refractivity contribution in [1.29, 1.82) is 0 Å². The van der Waals surface area contributed by atoms with Gasteiger partial charge in [-0.2, -0.15) is 0 Å². The summed E-state index contributed by atoms with van der Waals surface area (Å²) < 4.78 is 0. The van der Waals surface area contributed by atoms with E-state index in [0.29, 0.717) is 0 Å². The number of hydrogen-bond acceptors (Lipinski definition) is 3. The number of aliphatic carboxylic acids is 1. The molecule has 1 amide bonds. The molecule has 1 fully saturated rings. The topological polar surface area (TPSA) is 98.1 Å². The Kier molecular flexibility index (Phi) is 2.18. The first-order valence-electron chi connectivity index (χ1n) is 3.43. The van der Waals surface area contributed by atoms with Crippen LogP contribution in [0.3, 0.4) is 0 Å². The summed E-state index contributed by atoms with van der Waals surface area (Å²) in [5.74, 6) is -1.21. The second kappa shape index (κ2) is 2.98. The summed E-state index contributed by atoms with van der Waals surface area (Å²) in [6.07, 6.45) is -2.19. The monoisotopic (exact) mass is 175 g/mol. The lowest BCUT2D eigenvalue weighted by atomic mass is 10.2. The molecule has 0 aliphatic carbocycles. The van der Waals surface area contributed by atoms with Gasteiger partial charge in [0.05, 0.1) is 12.6 Å². The summed E-state index contributed by atoms with van der Waals surface area (Å²) in [7, 11) is 0. The summed E-state index contributed by atoms with van der Waals surface area (Å²) in [6.45, 7) is -0.119. The Morgan fingerprint density at radius 2 is 1.92 bits per heavy atom. The third kappa shape index (κ3) is 1.48. The molecule has 0 unspecified atom stereocenters. The van der Waals surface area contributed by atoms with E-state index in [9.17, 15) is 9.59 Å². The maximum absolute atomic E-state index is 10.4. The predicted molar refractivity (Wildman–Crippen MR) is 36.8 cm³/mol. The highest BCUT2D eigenvalue weighted by atomic mass is 16.4. The number of carboxylic acid groups (broad SMARTS) is 2. The molecule has 1 aliphatic heterocycles. The van der Waals surface area contributed by atoms with Crippen LogP contribution >= 0.6 is 0 Å². The molecule has 2 atom stereocenters. The first kappa shape index (κ1) is 8.79. The van der Waals surface area contributed by atoms with Crippen LogP contribution in [0.15, 0.2) is 0 Å². The SMILES string of the molecule is O=C(O)[C@@H]1C[C@@H](O)CN1C(=O)O. The zero-order valence-electron chi connectivity index (χ0n) is 6.17. The molecule has 0 spiro atoms. The molecule has 3 N–H and O–H groups in total. The van der Waals surface area contributed by atoms with Crippen LogP contribution in [-0.4, -0.2) is 51.0 Å². The zero-order valence-corrected chi connectivity index (χ0v) is 6.17. The van der Waals surface area contributed by atoms with Gasteiger partial charge in [0, 0.05) is 6.42 Å². The molecule has 1 rings (SSSR count). The normalized spacial score (nSPS) is 28.9. The van der Waals surface area contributed by atoms with Crippen LogP contribution in [0.4, 0.5) is 4.79 Å². The number of likely N-dealkylation sites (tertiary alicyclic amines) is 1. The highest BCUT2D eigenvalue weighted by molar-refractivity contribution is 5.80. The Morgan fingerprint density at radius 3 is 2.25 bits per heavy atom. The summed E-state index contributed by atoms with van der Waals surface area (Å²) in [5, 5.41) is 26.0. The molecule has 0 saturated carbocycles. The number of aliphatic hydroxyl groups excluding tert-OH is 1. The summed E-state index contributed by atoms with van der Waals surface area (Å²) in [6, 6.07) is -1.10. The third-order valence-electron chi connectivity index (χ3n) is 1.81. The minimum absolute atomic E-state index is 0.0262. The van der Waals surface area contributed by atoms with Crippen molar-refractivity contribution in [3.63, 3.8) is 0 Å². The molecule has 0 aromatic heterocycles. The van der Waals surface area contributed by atoms with Gasteiger partial charge in [0.15, 0.2) is 0 Å². The molecule has 6 nitrogen and oxygen atoms in total. The number of carboxylic acids is 1. The average Bonchev–Trinajstić information content (AvgIpc) is 2.31. The smallest absolute Gasteiger partial charge is 0.408 e. The van der Waals surface area contributed by atoms with Gasteiger partial charge >= 0.3 is 12.1 Å². The molecule has 1 saturated heterocycles. The number of aliphatic hydroxyl groups is 1. The van der Waals surface area contributed by atoms with Crippen molar-refractivity contribution in [2.24, 2.45) is 0 Å². The first-order chi connectivity index (χ1) is 5.52. The molecule has 12 heavy (non-hydrogen) atoms. The van der Waals surface area contributed by atoms with E-state index in [1.165, 1.54) is 0 Å². The fourth-order valence-corrected chi connectivity index (χ4v) is 1.26. The Morgan fingerprint density at radius 1 is 1.33 bits per heavy atom. The van der Waals surface area contributed by atoms with E-state index in [1.54, 1.807) is 0 Å². The quantitative estimate of drug-likeness (QED) is 0.484. The van der Waals surface area contributed by atoms with Gasteiger partial charge in [-0.3, -0.25) is 4.90 Å². The highest BCUT2D eigenvalue weighted by Crippen LogP contribution is 2.17. The van der Waals surface area contributed by atoms with Gasteiger partial charge in [0.2, 0.25) is 0 Å². The van der Waals surface area contributed by atoms with E-state index in [4.69, 9.17) is 15.3 Å². The fourth-order valence-electron chi connectivity index (χ4n) is 1.26. The van der Waals surface area contributed by atoms with E-state index < -0.39 is 24.2 Å². The lowest BCUT2D eigenvalue weighted by Gasteiger charge is -2.16. The average molecular weight is 175 g/mol. The van der Waals surface area contributed by atoms with Crippen LogP contribution < -0.4 is 0 Å². The number of nitrogens with zero attached hydrogens (tertiary/aromatic N) is 1. The Balaban J connectivity index is 2.72. The second-order valence-electron chi connectivity index (χ2n) is 2.68. The molecule has 68 valence electrons. The Labute approximate surface area is 68.0 Å². The van der Waals surface area contributed by atoms with Gasteiger partial charge in [0.25, 0.3) is 0 Å². The third-order valence-corrected chi connectivity index (χ3v) is 1.81. The van der Waals surface area contributed by atoms with Crippen molar-refractivity contribution in [1.82, 2.24) is 4.90 Å². The number of hydrogen-bond donors (Lipinski definition) is 3. The van der Waals surface area contributed by atoms with Crippen LogP contribution in [-0.2, 0) is 4.79 Å². The molecule has 1 aliphatic rings. The minimum Gasteiger partial charge on any atom is -0.480 e. The number of rotatable bonds is 1. The fraction of sp³-hybridized carbons (Fsp3) is 0.667. The highest BCUT2D eigenvalue weighted by Gasteiger charge is 2.38. The largest absolute Gasteiger partial charge is 0.480 e. The molecule has 0 radical (unpaired) electrons. The molecule has 0 bridgehead atoms. The lowest BCUT2D eigenvalue weighted by molar-refractivity contribution is -0.141. The summed E-state index contributed by atoms with van der Waals surface area (Å²) in [4.78, 5) is 21.6. The predicted octanol–water partition coefficient (Wildman–Crippen LogP) is -0.816. The van der Waals surface area contributed by atoms with E-state index in [1.807, 2.05) is 0 Å². The van der Waals surface area contributed by atoms with Crippen molar-refractivity contribution >= 4 is 12.1 Å². The molecular weight excluding hydrogens is 166 g/mol. The molecular formula is C6H9NO5.